The van der Waals surface area contributed by atoms with Crippen molar-refractivity contribution in [3.63, 3.8) is 0 Å². The van der Waals surface area contributed by atoms with Gasteiger partial charge in [0, 0.05) is 19.3 Å². The number of nitrogens with one attached hydrogen (secondary N) is 1. The van der Waals surface area contributed by atoms with E-state index in [1.54, 1.807) is 0 Å². The first-order valence-corrected chi connectivity index (χ1v) is 7.16. The molecule has 1 atom stereocenters. The highest BCUT2D eigenvalue weighted by atomic mass is 19.4. The number of alkyl halides is 3. The zero-order valence-electron chi connectivity index (χ0n) is 12.8. The van der Waals surface area contributed by atoms with E-state index in [-0.39, 0.29) is 24.0 Å². The normalized spacial score (nSPS) is 12.9. The Kier molecular flexibility index (Phi) is 5.50. The fourth-order valence-corrected chi connectivity index (χ4v) is 1.85. The van der Waals surface area contributed by atoms with E-state index in [1.807, 2.05) is 6.92 Å². The molecule has 0 spiro atoms. The molecule has 1 amide bonds. The Morgan fingerprint density at radius 1 is 1.42 bits per heavy atom. The predicted octanol–water partition coefficient (Wildman–Crippen LogP) is 1.43. The molecular weight excluding hydrogens is 327 g/mol. The fraction of sp³-hybridized carbons (Fsp3) is 0.429. The Hall–Kier alpha value is -2.49. The highest BCUT2D eigenvalue weighted by molar-refractivity contribution is 5.91. The van der Waals surface area contributed by atoms with Crippen molar-refractivity contribution in [1.29, 1.82) is 0 Å². The summed E-state index contributed by atoms with van der Waals surface area (Å²) in [5.74, 6) is -0.244. The molecule has 10 heteroatoms. The van der Waals surface area contributed by atoms with Gasteiger partial charge in [-0.3, -0.25) is 4.79 Å². The van der Waals surface area contributed by atoms with Crippen LogP contribution in [-0.2, 0) is 6.18 Å². The second-order valence-corrected chi connectivity index (χ2v) is 5.28. The van der Waals surface area contributed by atoms with E-state index in [9.17, 15) is 18.0 Å². The highest BCUT2D eigenvalue weighted by Gasteiger charge is 2.30. The van der Waals surface area contributed by atoms with Crippen molar-refractivity contribution < 1.29 is 23.1 Å². The maximum Gasteiger partial charge on any atom is 0.417 e. The molecule has 0 saturated heterocycles. The predicted molar refractivity (Wildman–Crippen MR) is 77.4 cm³/mol. The number of aliphatic hydroxyl groups is 1. The number of carbonyl (C=O) groups is 1. The summed E-state index contributed by atoms with van der Waals surface area (Å²) in [5.41, 5.74) is -0.852. The van der Waals surface area contributed by atoms with Gasteiger partial charge in [0.05, 0.1) is 11.8 Å². The molecule has 2 heterocycles. The molecule has 2 N–H and O–H groups in total. The van der Waals surface area contributed by atoms with Crippen LogP contribution in [0.2, 0.25) is 0 Å². The Morgan fingerprint density at radius 3 is 2.75 bits per heavy atom. The second-order valence-electron chi connectivity index (χ2n) is 5.28. The van der Waals surface area contributed by atoms with E-state index in [1.165, 1.54) is 6.20 Å². The van der Waals surface area contributed by atoms with E-state index in [0.717, 1.165) is 16.8 Å². The lowest BCUT2D eigenvalue weighted by atomic mass is 10.1. The van der Waals surface area contributed by atoms with Gasteiger partial charge in [0.2, 0.25) is 0 Å². The smallest absolute Gasteiger partial charge is 0.396 e. The van der Waals surface area contributed by atoms with Crippen molar-refractivity contribution in [1.82, 2.24) is 25.3 Å². The summed E-state index contributed by atoms with van der Waals surface area (Å²) in [6.07, 6.45) is -1.94. The van der Waals surface area contributed by atoms with Crippen molar-refractivity contribution in [3.05, 3.63) is 35.8 Å². The van der Waals surface area contributed by atoms with Gasteiger partial charge in [0.25, 0.3) is 5.91 Å². The largest absolute Gasteiger partial charge is 0.417 e. The molecule has 0 aromatic carbocycles. The minimum absolute atomic E-state index is 0.0212. The molecule has 0 bridgehead atoms. The van der Waals surface area contributed by atoms with Crippen LogP contribution in [0.25, 0.3) is 5.82 Å². The number of carbonyl (C=O) groups excluding carboxylic acids is 1. The number of nitrogens with zero attached hydrogens (tertiary/aromatic N) is 4. The molecular formula is C14H16F3N5O2. The molecule has 0 aliphatic rings. The van der Waals surface area contributed by atoms with Gasteiger partial charge in [-0.15, -0.1) is 5.10 Å². The molecule has 2 rings (SSSR count). The van der Waals surface area contributed by atoms with Crippen molar-refractivity contribution >= 4 is 5.91 Å². The third kappa shape index (κ3) is 4.51. The second kappa shape index (κ2) is 7.39. The lowest BCUT2D eigenvalue weighted by Gasteiger charge is -2.09. The maximum absolute atomic E-state index is 12.5. The van der Waals surface area contributed by atoms with Gasteiger partial charge in [-0.05, 0) is 24.5 Å². The van der Waals surface area contributed by atoms with Crippen molar-refractivity contribution in [2.45, 2.75) is 19.5 Å². The van der Waals surface area contributed by atoms with Crippen molar-refractivity contribution in [3.8, 4) is 5.82 Å². The summed E-state index contributed by atoms with van der Waals surface area (Å²) >= 11 is 0. The minimum Gasteiger partial charge on any atom is -0.396 e. The average molecular weight is 343 g/mol. The first-order valence-electron chi connectivity index (χ1n) is 7.16. The topological polar surface area (TPSA) is 92.9 Å². The Labute approximate surface area is 135 Å². The quantitative estimate of drug-likeness (QED) is 0.828. The van der Waals surface area contributed by atoms with Crippen LogP contribution in [0.1, 0.15) is 29.4 Å². The van der Waals surface area contributed by atoms with Crippen molar-refractivity contribution in [2.75, 3.05) is 13.2 Å². The number of aliphatic hydroxyl groups excluding tert-OH is 1. The molecule has 7 nitrogen and oxygen atoms in total. The summed E-state index contributed by atoms with van der Waals surface area (Å²) in [7, 11) is 0. The minimum atomic E-state index is -4.47. The first-order chi connectivity index (χ1) is 11.3. The van der Waals surface area contributed by atoms with Gasteiger partial charge in [-0.2, -0.15) is 13.2 Å². The molecule has 0 aliphatic carbocycles. The summed E-state index contributed by atoms with van der Waals surface area (Å²) in [6, 6.07) is 2.02. The van der Waals surface area contributed by atoms with Gasteiger partial charge in [-0.1, -0.05) is 12.1 Å². The van der Waals surface area contributed by atoms with Gasteiger partial charge < -0.3 is 10.4 Å². The number of amides is 1. The summed E-state index contributed by atoms with van der Waals surface area (Å²) in [4.78, 5) is 15.6. The summed E-state index contributed by atoms with van der Waals surface area (Å²) in [6.45, 7) is 2.27. The van der Waals surface area contributed by atoms with Crippen LogP contribution in [0.3, 0.4) is 0 Å². The standard InChI is InChI=1S/C14H16F3N5O2/c1-9(4-5-23)6-19-13(24)11-8-22(21-20-11)12-3-2-10(7-18-12)14(15,16)17/h2-3,7-9,23H,4-6H2,1H3,(H,19,24). The summed E-state index contributed by atoms with van der Waals surface area (Å²) in [5, 5.41) is 18.8. The Bertz CT molecular complexity index is 684. The van der Waals surface area contributed by atoms with Gasteiger partial charge >= 0.3 is 6.18 Å². The lowest BCUT2D eigenvalue weighted by molar-refractivity contribution is -0.137. The molecule has 0 fully saturated rings. The molecule has 130 valence electrons. The van der Waals surface area contributed by atoms with E-state index >= 15 is 0 Å². The number of halogens is 3. The van der Waals surface area contributed by atoms with Crippen LogP contribution in [-0.4, -0.2) is 44.1 Å². The molecule has 1 unspecified atom stereocenters. The zero-order valence-corrected chi connectivity index (χ0v) is 12.8. The third-order valence-electron chi connectivity index (χ3n) is 3.27. The van der Waals surface area contributed by atoms with Gasteiger partial charge in [0.15, 0.2) is 11.5 Å². The van der Waals surface area contributed by atoms with Crippen LogP contribution in [0, 0.1) is 5.92 Å². The molecule has 2 aromatic heterocycles. The fourth-order valence-electron chi connectivity index (χ4n) is 1.85. The van der Waals surface area contributed by atoms with E-state index in [0.29, 0.717) is 19.2 Å². The third-order valence-corrected chi connectivity index (χ3v) is 3.27. The number of rotatable bonds is 6. The van der Waals surface area contributed by atoms with E-state index in [4.69, 9.17) is 5.11 Å². The Balaban J connectivity index is 2.03. The van der Waals surface area contributed by atoms with Crippen LogP contribution in [0.4, 0.5) is 13.2 Å². The molecule has 0 saturated carbocycles. The van der Waals surface area contributed by atoms with E-state index < -0.39 is 17.6 Å². The average Bonchev–Trinajstić information content (AvgIpc) is 3.02. The summed E-state index contributed by atoms with van der Waals surface area (Å²) < 4.78 is 38.6. The maximum atomic E-state index is 12.5. The number of hydrogen-bond acceptors (Lipinski definition) is 5. The molecule has 0 aliphatic heterocycles. The lowest BCUT2D eigenvalue weighted by Crippen LogP contribution is -2.28. The number of aromatic nitrogens is 4. The highest BCUT2D eigenvalue weighted by Crippen LogP contribution is 2.28. The van der Waals surface area contributed by atoms with Crippen LogP contribution >= 0.6 is 0 Å². The number of hydrogen-bond donors (Lipinski definition) is 2. The van der Waals surface area contributed by atoms with Crippen LogP contribution in [0.15, 0.2) is 24.5 Å². The number of pyridine rings is 1. The molecule has 0 radical (unpaired) electrons. The Morgan fingerprint density at radius 2 is 2.17 bits per heavy atom. The van der Waals surface area contributed by atoms with Crippen LogP contribution < -0.4 is 5.32 Å². The van der Waals surface area contributed by atoms with Gasteiger partial charge in [-0.25, -0.2) is 9.67 Å². The first kappa shape index (κ1) is 17.9. The SMILES string of the molecule is CC(CCO)CNC(=O)c1cn(-c2ccc(C(F)(F)F)cn2)nn1. The van der Waals surface area contributed by atoms with Crippen molar-refractivity contribution in [2.24, 2.45) is 5.92 Å². The monoisotopic (exact) mass is 343 g/mol. The molecule has 24 heavy (non-hydrogen) atoms. The van der Waals surface area contributed by atoms with E-state index in [2.05, 4.69) is 20.6 Å². The van der Waals surface area contributed by atoms with Gasteiger partial charge in [0.1, 0.15) is 0 Å². The molecule has 2 aromatic rings. The zero-order chi connectivity index (χ0) is 17.7. The van der Waals surface area contributed by atoms with Crippen LogP contribution in [0.5, 0.6) is 0 Å².